The minimum Gasteiger partial charge on any atom is -0.339 e. The van der Waals surface area contributed by atoms with Gasteiger partial charge in [-0.15, -0.1) is 0 Å². The van der Waals surface area contributed by atoms with Gasteiger partial charge >= 0.3 is 11.7 Å². The van der Waals surface area contributed by atoms with Crippen molar-refractivity contribution < 1.29 is 4.79 Å². The highest BCUT2D eigenvalue weighted by atomic mass is 16.2. The molecule has 130 valence electrons. The van der Waals surface area contributed by atoms with E-state index < -0.39 is 5.69 Å². The zero-order valence-corrected chi connectivity index (χ0v) is 14.0. The van der Waals surface area contributed by atoms with Crippen LogP contribution in [0, 0.1) is 5.41 Å². The summed E-state index contributed by atoms with van der Waals surface area (Å²) in [6.07, 6.45) is 6.17. The molecule has 0 aromatic carbocycles. The van der Waals surface area contributed by atoms with Gasteiger partial charge in [-0.2, -0.15) is 4.57 Å². The fourth-order valence-electron chi connectivity index (χ4n) is 2.90. The number of rotatable bonds is 4. The number of likely N-dealkylation sites (tertiary alicyclic amines) is 1. The summed E-state index contributed by atoms with van der Waals surface area (Å²) in [5.41, 5.74) is 1.12. The average Bonchev–Trinajstić information content (AvgIpc) is 3.24. The maximum absolute atomic E-state index is 12.8. The summed E-state index contributed by atoms with van der Waals surface area (Å²) < 4.78 is 2.36. The van der Waals surface area contributed by atoms with Crippen LogP contribution in [0.5, 0.6) is 0 Å². The number of imidazole rings is 1. The van der Waals surface area contributed by atoms with Crippen molar-refractivity contribution in [3.8, 4) is 0 Å². The average molecular weight is 340 g/mol. The molecule has 2 aromatic heterocycles. The lowest BCUT2D eigenvalue weighted by molar-refractivity contribution is 0.210. The van der Waals surface area contributed by atoms with E-state index in [2.05, 4.69) is 16.9 Å². The van der Waals surface area contributed by atoms with Crippen LogP contribution >= 0.6 is 0 Å². The maximum Gasteiger partial charge on any atom is 0.338 e. The zero-order valence-electron chi connectivity index (χ0n) is 14.0. The SMILES string of the molecule is C=C(Nc1c(C=N)n(C)c(=O)n1C(=O)N1CCCC1)c1ccncc1. The van der Waals surface area contributed by atoms with Crippen molar-refractivity contribution in [2.75, 3.05) is 18.4 Å². The van der Waals surface area contributed by atoms with Crippen LogP contribution in [0.2, 0.25) is 0 Å². The lowest BCUT2D eigenvalue weighted by atomic mass is 10.2. The smallest absolute Gasteiger partial charge is 0.338 e. The zero-order chi connectivity index (χ0) is 18.0. The highest BCUT2D eigenvalue weighted by molar-refractivity contribution is 5.92. The second kappa shape index (κ2) is 6.76. The van der Waals surface area contributed by atoms with Crippen LogP contribution in [0.25, 0.3) is 5.70 Å². The summed E-state index contributed by atoms with van der Waals surface area (Å²) in [6, 6.07) is 3.16. The molecule has 1 aliphatic rings. The maximum atomic E-state index is 12.8. The molecule has 0 radical (unpaired) electrons. The first-order valence-corrected chi connectivity index (χ1v) is 8.02. The van der Waals surface area contributed by atoms with Crippen LogP contribution in [-0.2, 0) is 7.05 Å². The van der Waals surface area contributed by atoms with Gasteiger partial charge < -0.3 is 15.6 Å². The van der Waals surface area contributed by atoms with Gasteiger partial charge in [0.1, 0.15) is 11.5 Å². The molecule has 3 rings (SSSR count). The minimum absolute atomic E-state index is 0.251. The summed E-state index contributed by atoms with van der Waals surface area (Å²) >= 11 is 0. The first-order chi connectivity index (χ1) is 12.0. The summed E-state index contributed by atoms with van der Waals surface area (Å²) in [5.74, 6) is 0.251. The Hall–Kier alpha value is -3.16. The van der Waals surface area contributed by atoms with Crippen LogP contribution in [-0.4, -0.2) is 44.4 Å². The van der Waals surface area contributed by atoms with Gasteiger partial charge in [0.05, 0.1) is 0 Å². The summed E-state index contributed by atoms with van der Waals surface area (Å²) in [4.78, 5) is 31.0. The number of carbonyl (C=O) groups excluding carboxylic acids is 1. The summed E-state index contributed by atoms with van der Waals surface area (Å²) in [7, 11) is 1.54. The minimum atomic E-state index is -0.486. The molecule has 0 aliphatic carbocycles. The Labute approximate surface area is 144 Å². The molecule has 0 atom stereocenters. The summed E-state index contributed by atoms with van der Waals surface area (Å²) in [6.45, 7) is 5.23. The van der Waals surface area contributed by atoms with E-state index in [1.54, 1.807) is 29.4 Å². The number of carbonyl (C=O) groups is 1. The number of pyridine rings is 1. The lowest BCUT2D eigenvalue weighted by Gasteiger charge is -2.18. The van der Waals surface area contributed by atoms with Crippen molar-refractivity contribution in [1.29, 1.82) is 5.41 Å². The highest BCUT2D eigenvalue weighted by Crippen LogP contribution is 2.20. The van der Waals surface area contributed by atoms with Crippen molar-refractivity contribution in [2.24, 2.45) is 7.05 Å². The molecule has 0 bridgehead atoms. The fraction of sp³-hybridized carbons (Fsp3) is 0.294. The largest absolute Gasteiger partial charge is 0.339 e. The van der Waals surface area contributed by atoms with E-state index in [9.17, 15) is 9.59 Å². The number of amides is 1. The molecular formula is C17H20N6O2. The Morgan fingerprint density at radius 3 is 2.56 bits per heavy atom. The van der Waals surface area contributed by atoms with Crippen molar-refractivity contribution in [3.05, 3.63) is 52.8 Å². The molecule has 3 heterocycles. The van der Waals surface area contributed by atoms with Crippen LogP contribution in [0.15, 0.2) is 35.9 Å². The van der Waals surface area contributed by atoms with Crippen molar-refractivity contribution in [2.45, 2.75) is 12.8 Å². The Morgan fingerprint density at radius 1 is 1.32 bits per heavy atom. The van der Waals surface area contributed by atoms with Crippen LogP contribution in [0.1, 0.15) is 24.1 Å². The molecule has 8 nitrogen and oxygen atoms in total. The van der Waals surface area contributed by atoms with Crippen molar-refractivity contribution >= 4 is 23.8 Å². The van der Waals surface area contributed by atoms with Crippen LogP contribution in [0.3, 0.4) is 0 Å². The van der Waals surface area contributed by atoms with Crippen LogP contribution < -0.4 is 11.0 Å². The number of nitrogens with zero attached hydrogens (tertiary/aromatic N) is 4. The monoisotopic (exact) mass is 340 g/mol. The lowest BCUT2D eigenvalue weighted by Crippen LogP contribution is -2.39. The van der Waals surface area contributed by atoms with E-state index in [0.717, 1.165) is 29.2 Å². The van der Waals surface area contributed by atoms with Gasteiger partial charge in [-0.3, -0.25) is 9.55 Å². The van der Waals surface area contributed by atoms with E-state index in [1.165, 1.54) is 11.6 Å². The predicted octanol–water partition coefficient (Wildman–Crippen LogP) is 1.73. The number of anilines is 1. The molecule has 0 spiro atoms. The Bertz CT molecular complexity index is 875. The van der Waals surface area contributed by atoms with E-state index >= 15 is 0 Å². The summed E-state index contributed by atoms with van der Waals surface area (Å²) in [5, 5.41) is 10.7. The molecule has 25 heavy (non-hydrogen) atoms. The standard InChI is InChI=1S/C17H20N6O2/c1-12(13-5-7-19-8-6-13)20-15-14(11-18)21(2)16(24)23(15)17(25)22-9-3-4-10-22/h5-8,11,18,20H,1,3-4,9-10H2,2H3. The van der Waals surface area contributed by atoms with Gasteiger partial charge in [0.2, 0.25) is 0 Å². The highest BCUT2D eigenvalue weighted by Gasteiger charge is 2.27. The van der Waals surface area contributed by atoms with E-state index in [4.69, 9.17) is 5.41 Å². The molecule has 1 saturated heterocycles. The second-order valence-corrected chi connectivity index (χ2v) is 5.87. The first-order valence-electron chi connectivity index (χ1n) is 8.02. The quantitative estimate of drug-likeness (QED) is 0.829. The third-order valence-corrected chi connectivity index (χ3v) is 4.31. The van der Waals surface area contributed by atoms with E-state index in [1.807, 2.05) is 0 Å². The molecule has 1 fully saturated rings. The van der Waals surface area contributed by atoms with Gasteiger partial charge in [-0.1, -0.05) is 6.58 Å². The molecule has 1 amide bonds. The van der Waals surface area contributed by atoms with Gasteiger partial charge in [-0.05, 0) is 25.0 Å². The Morgan fingerprint density at radius 2 is 1.96 bits per heavy atom. The van der Waals surface area contributed by atoms with E-state index in [0.29, 0.717) is 24.5 Å². The van der Waals surface area contributed by atoms with Gasteiger partial charge in [0.15, 0.2) is 0 Å². The molecular weight excluding hydrogens is 320 g/mol. The Kier molecular flexibility index (Phi) is 4.51. The van der Waals surface area contributed by atoms with Crippen LogP contribution in [0.4, 0.5) is 10.6 Å². The van der Waals surface area contributed by atoms with E-state index in [-0.39, 0.29) is 11.8 Å². The van der Waals surface area contributed by atoms with Gasteiger partial charge in [0.25, 0.3) is 0 Å². The van der Waals surface area contributed by atoms with Crippen molar-refractivity contribution in [1.82, 2.24) is 19.0 Å². The predicted molar refractivity (Wildman–Crippen MR) is 96.1 cm³/mol. The normalized spacial score (nSPS) is 13.7. The topological polar surface area (TPSA) is 96.0 Å². The second-order valence-electron chi connectivity index (χ2n) is 5.87. The number of nitrogens with one attached hydrogen (secondary N) is 2. The molecule has 2 aromatic rings. The molecule has 1 aliphatic heterocycles. The number of hydrogen-bond donors (Lipinski definition) is 2. The Balaban J connectivity index is 2.03. The third kappa shape index (κ3) is 2.98. The number of aromatic nitrogens is 3. The first kappa shape index (κ1) is 16.7. The van der Waals surface area contributed by atoms with Gasteiger partial charge in [-0.25, -0.2) is 9.59 Å². The van der Waals surface area contributed by atoms with Crippen molar-refractivity contribution in [3.63, 3.8) is 0 Å². The number of hydrogen-bond acceptors (Lipinski definition) is 5. The molecule has 0 saturated carbocycles. The van der Waals surface area contributed by atoms with Gasteiger partial charge in [0, 0.05) is 50.0 Å². The molecule has 2 N–H and O–H groups in total. The fourth-order valence-corrected chi connectivity index (χ4v) is 2.90. The molecule has 8 heteroatoms. The molecule has 0 unspecified atom stereocenters. The third-order valence-electron chi connectivity index (χ3n) is 4.31.